The smallest absolute Gasteiger partial charge is 0.181 e. The van der Waals surface area contributed by atoms with E-state index in [1.807, 2.05) is 19.2 Å². The summed E-state index contributed by atoms with van der Waals surface area (Å²) < 4.78 is 0. The Balaban J connectivity index is 2.47. The minimum atomic E-state index is 0.00831. The van der Waals surface area contributed by atoms with Crippen LogP contribution in [0.2, 0.25) is 10.3 Å². The Hall–Kier alpha value is -0.710. The average molecular weight is 330 g/mol. The van der Waals surface area contributed by atoms with Crippen molar-refractivity contribution in [3.63, 3.8) is 0 Å². The van der Waals surface area contributed by atoms with Gasteiger partial charge >= 0.3 is 0 Å². The van der Waals surface area contributed by atoms with Gasteiger partial charge in [-0.25, -0.2) is 15.0 Å². The van der Waals surface area contributed by atoms with Crippen LogP contribution in [-0.2, 0) is 5.41 Å². The molecule has 0 spiro atoms. The molecule has 2 heterocycles. The van der Waals surface area contributed by atoms with E-state index in [1.165, 1.54) is 0 Å². The van der Waals surface area contributed by atoms with Gasteiger partial charge in [0.25, 0.3) is 0 Å². The fourth-order valence-electron chi connectivity index (χ4n) is 1.73. The normalized spacial score (nSPS) is 12.2. The summed E-state index contributed by atoms with van der Waals surface area (Å²) in [6.45, 7) is 10.4. The van der Waals surface area contributed by atoms with Crippen molar-refractivity contribution in [1.82, 2.24) is 15.0 Å². The molecule has 2 aromatic heterocycles. The van der Waals surface area contributed by atoms with E-state index in [4.69, 9.17) is 23.2 Å². The van der Waals surface area contributed by atoms with Crippen LogP contribution in [0.5, 0.6) is 0 Å². The van der Waals surface area contributed by atoms with Gasteiger partial charge in [0.1, 0.15) is 16.0 Å². The van der Waals surface area contributed by atoms with Gasteiger partial charge in [0, 0.05) is 16.4 Å². The molecule has 0 amide bonds. The van der Waals surface area contributed by atoms with Gasteiger partial charge in [0.2, 0.25) is 0 Å². The molecule has 0 N–H and O–H groups in total. The highest BCUT2D eigenvalue weighted by atomic mass is 35.5. The van der Waals surface area contributed by atoms with E-state index >= 15 is 0 Å². The minimum Gasteiger partial charge on any atom is -0.237 e. The summed E-state index contributed by atoms with van der Waals surface area (Å²) in [5.74, 6) is 0.667. The van der Waals surface area contributed by atoms with Crippen molar-refractivity contribution >= 4 is 34.5 Å². The molecule has 0 unspecified atom stereocenters. The molecule has 0 atom stereocenters. The lowest BCUT2D eigenvalue weighted by atomic mass is 9.98. The fraction of sp³-hybridized carbons (Fsp3) is 0.500. The van der Waals surface area contributed by atoms with Gasteiger partial charge in [-0.05, 0) is 5.92 Å². The second-order valence-electron chi connectivity index (χ2n) is 5.99. The lowest BCUT2D eigenvalue weighted by Gasteiger charge is -2.13. The predicted molar refractivity (Wildman–Crippen MR) is 85.9 cm³/mol. The quantitative estimate of drug-likeness (QED) is 0.699. The Labute approximate surface area is 133 Å². The standard InChI is InChI=1S/C14H17Cl2N3S/c1-7(2)9-10(15)18-12(19-11(9)16)8-6-20-13(17-8)14(3,4)5/h6-7H,1-5H3. The van der Waals surface area contributed by atoms with Gasteiger partial charge in [-0.1, -0.05) is 57.8 Å². The van der Waals surface area contributed by atoms with Crippen LogP contribution >= 0.6 is 34.5 Å². The Kier molecular flexibility index (Phi) is 4.38. The zero-order chi connectivity index (χ0) is 15.1. The maximum absolute atomic E-state index is 6.22. The van der Waals surface area contributed by atoms with E-state index in [9.17, 15) is 0 Å². The largest absolute Gasteiger partial charge is 0.237 e. The molecule has 2 rings (SSSR count). The maximum Gasteiger partial charge on any atom is 0.181 e. The molecule has 6 heteroatoms. The van der Waals surface area contributed by atoms with Crippen LogP contribution in [-0.4, -0.2) is 15.0 Å². The van der Waals surface area contributed by atoms with Crippen molar-refractivity contribution in [3.05, 3.63) is 26.3 Å². The summed E-state index contributed by atoms with van der Waals surface area (Å²) >= 11 is 14.0. The highest BCUT2D eigenvalue weighted by molar-refractivity contribution is 7.10. The highest BCUT2D eigenvalue weighted by Gasteiger charge is 2.21. The Morgan fingerprint density at radius 3 is 2.00 bits per heavy atom. The van der Waals surface area contributed by atoms with Gasteiger partial charge in [-0.15, -0.1) is 11.3 Å². The Morgan fingerprint density at radius 2 is 1.60 bits per heavy atom. The summed E-state index contributed by atoms with van der Waals surface area (Å²) in [7, 11) is 0. The van der Waals surface area contributed by atoms with E-state index < -0.39 is 0 Å². The van der Waals surface area contributed by atoms with Crippen molar-refractivity contribution in [2.24, 2.45) is 0 Å². The van der Waals surface area contributed by atoms with Crippen molar-refractivity contribution in [2.45, 2.75) is 46.0 Å². The van der Waals surface area contributed by atoms with E-state index in [-0.39, 0.29) is 11.3 Å². The topological polar surface area (TPSA) is 38.7 Å². The van der Waals surface area contributed by atoms with E-state index in [0.717, 1.165) is 16.3 Å². The third-order valence-electron chi connectivity index (χ3n) is 2.80. The summed E-state index contributed by atoms with van der Waals surface area (Å²) in [5.41, 5.74) is 1.51. The van der Waals surface area contributed by atoms with Crippen molar-refractivity contribution < 1.29 is 0 Å². The molecule has 0 aliphatic carbocycles. The molecule has 0 fully saturated rings. The lowest BCUT2D eigenvalue weighted by Crippen LogP contribution is -2.10. The maximum atomic E-state index is 6.22. The average Bonchev–Trinajstić information content (AvgIpc) is 2.75. The third-order valence-corrected chi connectivity index (χ3v) is 4.65. The number of aromatic nitrogens is 3. The first-order valence-corrected chi connectivity index (χ1v) is 8.03. The van der Waals surface area contributed by atoms with Crippen LogP contribution in [0.25, 0.3) is 11.5 Å². The molecule has 0 aliphatic heterocycles. The first-order valence-electron chi connectivity index (χ1n) is 6.39. The molecule has 108 valence electrons. The first kappa shape index (κ1) is 15.7. The summed E-state index contributed by atoms with van der Waals surface area (Å²) in [4.78, 5) is 13.3. The molecule has 3 nitrogen and oxygen atoms in total. The van der Waals surface area contributed by atoms with E-state index in [1.54, 1.807) is 11.3 Å². The van der Waals surface area contributed by atoms with Gasteiger partial charge < -0.3 is 0 Å². The van der Waals surface area contributed by atoms with Crippen LogP contribution in [0, 0.1) is 0 Å². The minimum absolute atomic E-state index is 0.00831. The predicted octanol–water partition coefficient (Wildman–Crippen LogP) is 5.33. The number of halogens is 2. The van der Waals surface area contributed by atoms with Crippen LogP contribution in [0.3, 0.4) is 0 Å². The van der Waals surface area contributed by atoms with Gasteiger partial charge in [-0.3, -0.25) is 0 Å². The summed E-state index contributed by atoms with van der Waals surface area (Å²) in [6, 6.07) is 0. The molecule has 2 aromatic rings. The summed E-state index contributed by atoms with van der Waals surface area (Å²) in [6.07, 6.45) is 0. The lowest BCUT2D eigenvalue weighted by molar-refractivity contribution is 0.586. The molecular weight excluding hydrogens is 313 g/mol. The monoisotopic (exact) mass is 329 g/mol. The number of thiazole rings is 1. The van der Waals surface area contributed by atoms with Crippen molar-refractivity contribution in [2.75, 3.05) is 0 Å². The van der Waals surface area contributed by atoms with Gasteiger partial charge in [-0.2, -0.15) is 0 Å². The number of hydrogen-bond acceptors (Lipinski definition) is 4. The molecule has 0 saturated carbocycles. The SMILES string of the molecule is CC(C)c1c(Cl)nc(-c2csc(C(C)(C)C)n2)nc1Cl. The Morgan fingerprint density at radius 1 is 1.05 bits per heavy atom. The van der Waals surface area contributed by atoms with Crippen LogP contribution in [0.15, 0.2) is 5.38 Å². The number of rotatable bonds is 2. The first-order chi connectivity index (χ1) is 9.20. The molecule has 0 aliphatic rings. The van der Waals surface area contributed by atoms with Gasteiger partial charge in [0.05, 0.1) is 5.01 Å². The molecular formula is C14H17Cl2N3S. The van der Waals surface area contributed by atoms with Crippen LogP contribution < -0.4 is 0 Å². The van der Waals surface area contributed by atoms with Crippen molar-refractivity contribution in [1.29, 1.82) is 0 Å². The zero-order valence-corrected chi connectivity index (χ0v) is 14.5. The summed E-state index contributed by atoms with van der Waals surface area (Å²) in [5, 5.41) is 3.79. The Bertz CT molecular complexity index is 607. The fourth-order valence-corrected chi connectivity index (χ4v) is 3.44. The number of nitrogens with zero attached hydrogens (tertiary/aromatic N) is 3. The third kappa shape index (κ3) is 3.13. The van der Waals surface area contributed by atoms with Gasteiger partial charge in [0.15, 0.2) is 5.82 Å². The molecule has 0 saturated heterocycles. The van der Waals surface area contributed by atoms with Crippen LogP contribution in [0.1, 0.15) is 51.1 Å². The van der Waals surface area contributed by atoms with Crippen molar-refractivity contribution in [3.8, 4) is 11.5 Å². The second kappa shape index (κ2) is 5.58. The molecule has 0 radical (unpaired) electrons. The van der Waals surface area contributed by atoms with Crippen LogP contribution in [0.4, 0.5) is 0 Å². The van der Waals surface area contributed by atoms with E-state index in [2.05, 4.69) is 35.7 Å². The molecule has 0 aromatic carbocycles. The highest BCUT2D eigenvalue weighted by Crippen LogP contribution is 2.33. The second-order valence-corrected chi connectivity index (χ2v) is 7.56. The molecule has 0 bridgehead atoms. The molecule has 20 heavy (non-hydrogen) atoms. The number of hydrogen-bond donors (Lipinski definition) is 0. The van der Waals surface area contributed by atoms with E-state index in [0.29, 0.717) is 16.1 Å². The zero-order valence-electron chi connectivity index (χ0n) is 12.2.